The number of carbonyl (C=O) groups excluding carboxylic acids is 1. The van der Waals surface area contributed by atoms with Crippen LogP contribution in [-0.4, -0.2) is 41.1 Å². The maximum atomic E-state index is 12.1. The summed E-state index contributed by atoms with van der Waals surface area (Å²) in [6.07, 6.45) is 1.38. The van der Waals surface area contributed by atoms with Gasteiger partial charge < -0.3 is 15.3 Å². The molecule has 2 N–H and O–H groups in total. The lowest BCUT2D eigenvalue weighted by Crippen LogP contribution is -2.47. The Bertz CT molecular complexity index is 476. The van der Waals surface area contributed by atoms with Crippen molar-refractivity contribution in [2.75, 3.05) is 13.1 Å². The van der Waals surface area contributed by atoms with Gasteiger partial charge >= 0.3 is 12.0 Å². The van der Waals surface area contributed by atoms with Crippen LogP contribution in [0.25, 0.3) is 0 Å². The van der Waals surface area contributed by atoms with Gasteiger partial charge in [0.25, 0.3) is 0 Å². The third-order valence-electron chi connectivity index (χ3n) is 3.29. The number of carbonyl (C=O) groups is 2. The first-order chi connectivity index (χ1) is 9.93. The molecule has 0 saturated carbocycles. The monoisotopic (exact) mass is 312 g/mol. The van der Waals surface area contributed by atoms with Crippen LogP contribution in [0.2, 0.25) is 5.02 Å². The second-order valence-corrected chi connectivity index (χ2v) is 5.32. The summed E-state index contributed by atoms with van der Waals surface area (Å²) in [7, 11) is 0. The van der Waals surface area contributed by atoms with Crippen LogP contribution in [0.1, 0.15) is 25.8 Å². The first-order valence-electron chi connectivity index (χ1n) is 6.94. The van der Waals surface area contributed by atoms with Gasteiger partial charge in [0.2, 0.25) is 0 Å². The molecule has 1 rings (SSSR count). The van der Waals surface area contributed by atoms with Crippen molar-refractivity contribution in [3.8, 4) is 0 Å². The largest absolute Gasteiger partial charge is 0.480 e. The van der Waals surface area contributed by atoms with E-state index in [0.29, 0.717) is 24.4 Å². The highest BCUT2D eigenvalue weighted by atomic mass is 35.5. The minimum Gasteiger partial charge on any atom is -0.480 e. The lowest BCUT2D eigenvalue weighted by molar-refractivity contribution is -0.138. The van der Waals surface area contributed by atoms with Crippen LogP contribution in [0.15, 0.2) is 24.3 Å². The summed E-state index contributed by atoms with van der Waals surface area (Å²) in [4.78, 5) is 24.2. The van der Waals surface area contributed by atoms with Gasteiger partial charge in [-0.15, -0.1) is 0 Å². The standard InChI is InChI=1S/C15H21ClN2O3/c1-3-11(2)18(10-14(19)20)15(21)17-9-8-12-4-6-13(16)7-5-12/h4-7,11H,3,8-10H2,1-2H3,(H,17,21)(H,19,20). The number of amides is 2. The highest BCUT2D eigenvalue weighted by Crippen LogP contribution is 2.09. The molecule has 0 saturated heterocycles. The van der Waals surface area contributed by atoms with Gasteiger partial charge in [0.1, 0.15) is 6.54 Å². The lowest BCUT2D eigenvalue weighted by Gasteiger charge is -2.27. The summed E-state index contributed by atoms with van der Waals surface area (Å²) in [5.74, 6) is -1.01. The topological polar surface area (TPSA) is 69.6 Å². The fraction of sp³-hybridized carbons (Fsp3) is 0.467. The molecular formula is C15H21ClN2O3. The predicted octanol–water partition coefficient (Wildman–Crippen LogP) is 2.78. The summed E-state index contributed by atoms with van der Waals surface area (Å²) in [6, 6.07) is 6.94. The van der Waals surface area contributed by atoms with Crippen molar-refractivity contribution in [1.29, 1.82) is 0 Å². The van der Waals surface area contributed by atoms with Gasteiger partial charge in [0.05, 0.1) is 0 Å². The molecule has 1 aromatic rings. The molecule has 1 aromatic carbocycles. The molecule has 0 aliphatic rings. The van der Waals surface area contributed by atoms with E-state index in [4.69, 9.17) is 16.7 Å². The van der Waals surface area contributed by atoms with Gasteiger partial charge in [0.15, 0.2) is 0 Å². The number of hydrogen-bond donors (Lipinski definition) is 2. The number of aliphatic carboxylic acids is 1. The van der Waals surface area contributed by atoms with Crippen molar-refractivity contribution in [3.63, 3.8) is 0 Å². The van der Waals surface area contributed by atoms with Gasteiger partial charge in [-0.25, -0.2) is 4.79 Å². The van der Waals surface area contributed by atoms with E-state index in [1.165, 1.54) is 4.90 Å². The van der Waals surface area contributed by atoms with E-state index in [9.17, 15) is 9.59 Å². The van der Waals surface area contributed by atoms with Crippen molar-refractivity contribution in [1.82, 2.24) is 10.2 Å². The summed E-state index contributed by atoms with van der Waals surface area (Å²) in [5.41, 5.74) is 1.06. The van der Waals surface area contributed by atoms with Crippen molar-refractivity contribution in [2.24, 2.45) is 0 Å². The molecule has 0 aliphatic carbocycles. The Labute approximate surface area is 129 Å². The quantitative estimate of drug-likeness (QED) is 0.813. The molecule has 0 radical (unpaired) electrons. The molecule has 0 spiro atoms. The van der Waals surface area contributed by atoms with Crippen molar-refractivity contribution >= 4 is 23.6 Å². The average Bonchev–Trinajstić information content (AvgIpc) is 2.45. The zero-order valence-corrected chi connectivity index (χ0v) is 13.1. The molecule has 21 heavy (non-hydrogen) atoms. The maximum Gasteiger partial charge on any atom is 0.323 e. The van der Waals surface area contributed by atoms with E-state index in [-0.39, 0.29) is 18.6 Å². The highest BCUT2D eigenvalue weighted by Gasteiger charge is 2.20. The number of hydrogen-bond acceptors (Lipinski definition) is 2. The number of halogens is 1. The van der Waals surface area contributed by atoms with Gasteiger partial charge in [0, 0.05) is 17.6 Å². The number of urea groups is 1. The SMILES string of the molecule is CCC(C)N(CC(=O)O)C(=O)NCCc1ccc(Cl)cc1. The van der Waals surface area contributed by atoms with E-state index >= 15 is 0 Å². The summed E-state index contributed by atoms with van der Waals surface area (Å²) in [6.45, 7) is 3.91. The number of nitrogens with one attached hydrogen (secondary N) is 1. The Balaban J connectivity index is 2.49. The second kappa shape index (κ2) is 8.52. The van der Waals surface area contributed by atoms with Crippen LogP contribution in [0, 0.1) is 0 Å². The molecule has 0 aromatic heterocycles. The highest BCUT2D eigenvalue weighted by molar-refractivity contribution is 6.30. The van der Waals surface area contributed by atoms with E-state index in [2.05, 4.69) is 5.32 Å². The molecule has 1 atom stereocenters. The third kappa shape index (κ3) is 6.04. The number of carboxylic acids is 1. The number of carboxylic acid groups (broad SMARTS) is 1. The fourth-order valence-corrected chi connectivity index (χ4v) is 1.99. The van der Waals surface area contributed by atoms with Crippen molar-refractivity contribution in [2.45, 2.75) is 32.7 Å². The first kappa shape index (κ1) is 17.3. The van der Waals surface area contributed by atoms with Crippen molar-refractivity contribution < 1.29 is 14.7 Å². The molecule has 116 valence electrons. The fourth-order valence-electron chi connectivity index (χ4n) is 1.86. The van der Waals surface area contributed by atoms with Gasteiger partial charge in [-0.3, -0.25) is 4.79 Å². The Morgan fingerprint density at radius 1 is 1.33 bits per heavy atom. The molecule has 6 heteroatoms. The molecule has 0 aliphatic heterocycles. The van der Waals surface area contributed by atoms with Crippen molar-refractivity contribution in [3.05, 3.63) is 34.9 Å². The minimum absolute atomic E-state index is 0.114. The zero-order chi connectivity index (χ0) is 15.8. The minimum atomic E-state index is -1.01. The van der Waals surface area contributed by atoms with Crippen LogP contribution in [0.5, 0.6) is 0 Å². The molecule has 5 nitrogen and oxygen atoms in total. The van der Waals surface area contributed by atoms with Gasteiger partial charge in [-0.2, -0.15) is 0 Å². The van der Waals surface area contributed by atoms with Crippen LogP contribution < -0.4 is 5.32 Å². The maximum absolute atomic E-state index is 12.1. The predicted molar refractivity (Wildman–Crippen MR) is 82.6 cm³/mol. The van der Waals surface area contributed by atoms with Crippen LogP contribution in [0.3, 0.4) is 0 Å². The summed E-state index contributed by atoms with van der Waals surface area (Å²) in [5, 5.41) is 12.3. The summed E-state index contributed by atoms with van der Waals surface area (Å²) >= 11 is 5.80. The first-order valence-corrected chi connectivity index (χ1v) is 7.32. The lowest BCUT2D eigenvalue weighted by atomic mass is 10.1. The van der Waals surface area contributed by atoms with E-state index in [1.807, 2.05) is 26.0 Å². The van der Waals surface area contributed by atoms with E-state index < -0.39 is 5.97 Å². The molecule has 1 unspecified atom stereocenters. The second-order valence-electron chi connectivity index (χ2n) is 4.89. The molecule has 0 fully saturated rings. The van der Waals surface area contributed by atoms with Gasteiger partial charge in [-0.1, -0.05) is 30.7 Å². The average molecular weight is 313 g/mol. The summed E-state index contributed by atoms with van der Waals surface area (Å²) < 4.78 is 0. The molecular weight excluding hydrogens is 292 g/mol. The van der Waals surface area contributed by atoms with Gasteiger partial charge in [-0.05, 0) is 37.5 Å². The number of benzene rings is 1. The normalized spacial score (nSPS) is 11.8. The number of rotatable bonds is 7. The smallest absolute Gasteiger partial charge is 0.323 e. The molecule has 0 bridgehead atoms. The van der Waals surface area contributed by atoms with E-state index in [0.717, 1.165) is 5.56 Å². The van der Waals surface area contributed by atoms with Crippen LogP contribution in [-0.2, 0) is 11.2 Å². The third-order valence-corrected chi connectivity index (χ3v) is 3.54. The Kier molecular flexibility index (Phi) is 7.02. The van der Waals surface area contributed by atoms with E-state index in [1.54, 1.807) is 12.1 Å². The van der Waals surface area contributed by atoms with Crippen LogP contribution >= 0.6 is 11.6 Å². The Morgan fingerprint density at radius 2 is 1.95 bits per heavy atom. The number of nitrogens with zero attached hydrogens (tertiary/aromatic N) is 1. The molecule has 0 heterocycles. The zero-order valence-electron chi connectivity index (χ0n) is 12.3. The molecule has 2 amide bonds. The Hall–Kier alpha value is -1.75. The van der Waals surface area contributed by atoms with Crippen LogP contribution in [0.4, 0.5) is 4.79 Å². The Morgan fingerprint density at radius 3 is 2.48 bits per heavy atom.